The fourth-order valence-electron chi connectivity index (χ4n) is 2.78. The average molecular weight is 415 g/mol. The number of ether oxygens (including phenoxy) is 1. The molecule has 0 saturated heterocycles. The molecule has 1 amide bonds. The molecule has 0 spiro atoms. The summed E-state index contributed by atoms with van der Waals surface area (Å²) < 4.78 is 10.9. The van der Waals surface area contributed by atoms with Crippen LogP contribution in [-0.4, -0.2) is 16.0 Å². The molecule has 29 heavy (non-hydrogen) atoms. The van der Waals surface area contributed by atoms with Crippen LogP contribution in [0.15, 0.2) is 59.1 Å². The molecule has 2 aromatic carbocycles. The number of halogens is 1. The summed E-state index contributed by atoms with van der Waals surface area (Å²) in [5.74, 6) is 2.01. The lowest BCUT2D eigenvalue weighted by Crippen LogP contribution is -2.45. The van der Waals surface area contributed by atoms with Gasteiger partial charge in [0.15, 0.2) is 6.61 Å². The predicted octanol–water partition coefficient (Wildman–Crippen LogP) is 3.76. The van der Waals surface area contributed by atoms with E-state index in [0.717, 1.165) is 18.4 Å². The summed E-state index contributed by atoms with van der Waals surface area (Å²) >= 11 is 0. The van der Waals surface area contributed by atoms with Crippen LogP contribution < -0.4 is 15.8 Å². The Labute approximate surface area is 175 Å². The van der Waals surface area contributed by atoms with E-state index in [1.54, 1.807) is 31.2 Å². The molecular weight excluding hydrogens is 392 g/mol. The Morgan fingerprint density at radius 1 is 1.21 bits per heavy atom. The van der Waals surface area contributed by atoms with E-state index in [2.05, 4.69) is 15.5 Å². The molecule has 152 valence electrons. The van der Waals surface area contributed by atoms with Crippen LogP contribution in [0.2, 0.25) is 0 Å². The summed E-state index contributed by atoms with van der Waals surface area (Å²) in [5.41, 5.74) is 6.50. The van der Waals surface area contributed by atoms with Crippen molar-refractivity contribution >= 4 is 24.0 Å². The molecule has 0 aliphatic heterocycles. The first-order valence-electron chi connectivity index (χ1n) is 9.23. The van der Waals surface area contributed by atoms with Crippen LogP contribution in [0.1, 0.15) is 43.0 Å². The highest BCUT2D eigenvalue weighted by molar-refractivity contribution is 5.98. The highest BCUT2D eigenvalue weighted by Crippen LogP contribution is 2.38. The van der Waals surface area contributed by atoms with Crippen LogP contribution >= 0.6 is 12.4 Å². The van der Waals surface area contributed by atoms with Crippen molar-refractivity contribution < 1.29 is 14.1 Å². The van der Waals surface area contributed by atoms with Crippen molar-refractivity contribution in [2.75, 3.05) is 5.32 Å². The standard InChI is InChI=1S/C21H22N4O3.ClH/c1-21(22,15-5-3-2-4-6-15)20(26)23-16-9-11-17(12-10-16)27-13-18-24-19(28-25-18)14-7-8-14;/h2-6,9-12,14H,7-8,13,22H2,1H3,(H,23,26);1H. The molecule has 8 heteroatoms. The lowest BCUT2D eigenvalue weighted by Gasteiger charge is -2.24. The summed E-state index contributed by atoms with van der Waals surface area (Å²) in [4.78, 5) is 16.9. The Balaban J connectivity index is 0.00000240. The average Bonchev–Trinajstić information content (AvgIpc) is 3.46. The second kappa shape index (κ2) is 8.63. The zero-order valence-corrected chi connectivity index (χ0v) is 16.8. The van der Waals surface area contributed by atoms with Gasteiger partial charge in [-0.3, -0.25) is 4.79 Å². The van der Waals surface area contributed by atoms with Gasteiger partial charge in [0.1, 0.15) is 11.3 Å². The van der Waals surface area contributed by atoms with Crippen molar-refractivity contribution in [2.45, 2.75) is 37.8 Å². The summed E-state index contributed by atoms with van der Waals surface area (Å²) in [6, 6.07) is 16.3. The van der Waals surface area contributed by atoms with Crippen LogP contribution in [0.25, 0.3) is 0 Å². The quantitative estimate of drug-likeness (QED) is 0.610. The van der Waals surface area contributed by atoms with Gasteiger partial charge in [0.25, 0.3) is 0 Å². The van der Waals surface area contributed by atoms with E-state index in [9.17, 15) is 4.79 Å². The lowest BCUT2D eigenvalue weighted by atomic mass is 9.92. The Hall–Kier alpha value is -2.90. The molecule has 1 unspecified atom stereocenters. The number of carbonyl (C=O) groups excluding carboxylic acids is 1. The molecule has 1 saturated carbocycles. The van der Waals surface area contributed by atoms with Gasteiger partial charge in [-0.2, -0.15) is 4.98 Å². The number of nitrogens with two attached hydrogens (primary N) is 1. The number of nitrogens with one attached hydrogen (secondary N) is 1. The van der Waals surface area contributed by atoms with Gasteiger partial charge >= 0.3 is 0 Å². The van der Waals surface area contributed by atoms with Gasteiger partial charge in [-0.15, -0.1) is 12.4 Å². The van der Waals surface area contributed by atoms with Crippen molar-refractivity contribution in [3.63, 3.8) is 0 Å². The largest absolute Gasteiger partial charge is 0.485 e. The summed E-state index contributed by atoms with van der Waals surface area (Å²) in [6.07, 6.45) is 2.23. The molecule has 0 bridgehead atoms. The molecule has 7 nitrogen and oxygen atoms in total. The van der Waals surface area contributed by atoms with Crippen molar-refractivity contribution in [3.05, 3.63) is 71.9 Å². The maximum Gasteiger partial charge on any atom is 0.248 e. The van der Waals surface area contributed by atoms with Gasteiger partial charge in [-0.1, -0.05) is 35.5 Å². The molecular formula is C21H23ClN4O3. The maximum absolute atomic E-state index is 12.6. The summed E-state index contributed by atoms with van der Waals surface area (Å²) in [7, 11) is 0. The van der Waals surface area contributed by atoms with E-state index < -0.39 is 5.54 Å². The van der Waals surface area contributed by atoms with Gasteiger partial charge in [-0.05, 0) is 49.6 Å². The van der Waals surface area contributed by atoms with Gasteiger partial charge < -0.3 is 20.3 Å². The first kappa shape index (κ1) is 20.8. The minimum absolute atomic E-state index is 0. The molecule has 0 radical (unpaired) electrons. The zero-order valence-electron chi connectivity index (χ0n) is 16.0. The van der Waals surface area contributed by atoms with Crippen molar-refractivity contribution in [3.8, 4) is 5.75 Å². The predicted molar refractivity (Wildman–Crippen MR) is 111 cm³/mol. The first-order chi connectivity index (χ1) is 13.5. The van der Waals surface area contributed by atoms with Crippen LogP contribution in [-0.2, 0) is 16.9 Å². The van der Waals surface area contributed by atoms with Crippen molar-refractivity contribution in [1.29, 1.82) is 0 Å². The SMILES string of the molecule is CC(N)(C(=O)Nc1ccc(OCc2noc(C3CC3)n2)cc1)c1ccccc1.Cl. The van der Waals surface area contributed by atoms with Crippen LogP contribution in [0.5, 0.6) is 5.75 Å². The molecule has 4 rings (SSSR count). The normalized spacial score (nSPS) is 15.1. The Morgan fingerprint density at radius 2 is 1.90 bits per heavy atom. The number of rotatable bonds is 7. The second-order valence-electron chi connectivity index (χ2n) is 7.16. The summed E-state index contributed by atoms with van der Waals surface area (Å²) in [6.45, 7) is 1.92. The van der Waals surface area contributed by atoms with Gasteiger partial charge in [0.05, 0.1) is 0 Å². The fraction of sp³-hybridized carbons (Fsp3) is 0.286. The molecule has 3 N–H and O–H groups in total. The van der Waals surface area contributed by atoms with Gasteiger partial charge in [0, 0.05) is 11.6 Å². The van der Waals surface area contributed by atoms with E-state index in [1.807, 2.05) is 30.3 Å². The van der Waals surface area contributed by atoms with E-state index in [0.29, 0.717) is 29.1 Å². The number of nitrogens with zero attached hydrogens (tertiary/aromatic N) is 2. The van der Waals surface area contributed by atoms with Gasteiger partial charge in [-0.25, -0.2) is 0 Å². The van der Waals surface area contributed by atoms with E-state index in [-0.39, 0.29) is 24.9 Å². The Bertz CT molecular complexity index is 954. The molecule has 1 heterocycles. The third-order valence-corrected chi connectivity index (χ3v) is 4.74. The monoisotopic (exact) mass is 414 g/mol. The number of hydrogen-bond acceptors (Lipinski definition) is 6. The molecule has 1 aliphatic carbocycles. The van der Waals surface area contributed by atoms with Crippen molar-refractivity contribution in [1.82, 2.24) is 10.1 Å². The molecule has 3 aromatic rings. The maximum atomic E-state index is 12.6. The van der Waals surface area contributed by atoms with Crippen LogP contribution in [0.4, 0.5) is 5.69 Å². The molecule has 1 atom stereocenters. The second-order valence-corrected chi connectivity index (χ2v) is 7.16. The van der Waals surface area contributed by atoms with E-state index >= 15 is 0 Å². The number of carbonyl (C=O) groups is 1. The number of aromatic nitrogens is 2. The molecule has 1 aromatic heterocycles. The van der Waals surface area contributed by atoms with Gasteiger partial charge in [0.2, 0.25) is 17.6 Å². The highest BCUT2D eigenvalue weighted by atomic mass is 35.5. The minimum atomic E-state index is -1.13. The molecule has 1 aliphatic rings. The summed E-state index contributed by atoms with van der Waals surface area (Å²) in [5, 5.41) is 6.77. The minimum Gasteiger partial charge on any atom is -0.485 e. The number of amides is 1. The Morgan fingerprint density at radius 3 is 2.55 bits per heavy atom. The van der Waals surface area contributed by atoms with Crippen LogP contribution in [0.3, 0.4) is 0 Å². The first-order valence-corrected chi connectivity index (χ1v) is 9.23. The number of benzene rings is 2. The third-order valence-electron chi connectivity index (χ3n) is 4.74. The fourth-order valence-corrected chi connectivity index (χ4v) is 2.78. The lowest BCUT2D eigenvalue weighted by molar-refractivity contribution is -0.120. The third kappa shape index (κ3) is 4.93. The highest BCUT2D eigenvalue weighted by Gasteiger charge is 2.30. The smallest absolute Gasteiger partial charge is 0.248 e. The van der Waals surface area contributed by atoms with E-state index in [1.165, 1.54) is 0 Å². The number of hydrogen-bond donors (Lipinski definition) is 2. The zero-order chi connectivity index (χ0) is 19.6. The van der Waals surface area contributed by atoms with E-state index in [4.69, 9.17) is 15.0 Å². The number of anilines is 1. The Kier molecular flexibility index (Phi) is 6.20. The molecule has 1 fully saturated rings. The topological polar surface area (TPSA) is 103 Å². The van der Waals surface area contributed by atoms with Crippen LogP contribution in [0, 0.1) is 0 Å². The van der Waals surface area contributed by atoms with Crippen molar-refractivity contribution in [2.24, 2.45) is 5.73 Å².